The molecule has 1 amide bonds. The fraction of sp³-hybridized carbons (Fsp3) is 0.750. The van der Waals surface area contributed by atoms with E-state index in [1.807, 2.05) is 0 Å². The van der Waals surface area contributed by atoms with E-state index in [0.717, 1.165) is 45.3 Å². The lowest BCUT2D eigenvalue weighted by Crippen LogP contribution is -2.49. The van der Waals surface area contributed by atoms with E-state index in [2.05, 4.69) is 15.3 Å². The normalized spacial score (nSPS) is 25.5. The smallest absolute Gasteiger partial charge is 0.254 e. The number of carbonyl (C=O) groups excluding carboxylic acids is 1. The number of piperidine rings is 1. The van der Waals surface area contributed by atoms with Gasteiger partial charge in [-0.05, 0) is 38.1 Å². The van der Waals surface area contributed by atoms with Gasteiger partial charge in [0.15, 0.2) is 0 Å². The van der Waals surface area contributed by atoms with E-state index < -0.39 is 9.84 Å². The topological polar surface area (TPSA) is 84.3 Å². The van der Waals surface area contributed by atoms with Crippen LogP contribution in [0.2, 0.25) is 0 Å². The third kappa shape index (κ3) is 4.57. The first-order valence-corrected chi connectivity index (χ1v) is 10.5. The second-order valence-electron chi connectivity index (χ2n) is 7.07. The molecule has 1 atom stereocenters. The van der Waals surface area contributed by atoms with E-state index in [0.29, 0.717) is 23.0 Å². The summed E-state index contributed by atoms with van der Waals surface area (Å²) in [5, 5.41) is 7.13. The fourth-order valence-electron chi connectivity index (χ4n) is 3.63. The van der Waals surface area contributed by atoms with Crippen LogP contribution < -0.4 is 5.32 Å². The van der Waals surface area contributed by atoms with E-state index in [4.69, 9.17) is 0 Å². The summed E-state index contributed by atoms with van der Waals surface area (Å²) in [6.45, 7) is 2.81. The first-order valence-electron chi connectivity index (χ1n) is 8.63. The van der Waals surface area contributed by atoms with E-state index in [9.17, 15) is 13.2 Å². The minimum Gasteiger partial charge on any atom is -0.348 e. The molecule has 24 heavy (non-hydrogen) atoms. The maximum Gasteiger partial charge on any atom is 0.254 e. The van der Waals surface area contributed by atoms with Crippen LogP contribution in [0.1, 0.15) is 36.0 Å². The van der Waals surface area contributed by atoms with Gasteiger partial charge in [-0.2, -0.15) is 5.10 Å². The van der Waals surface area contributed by atoms with Gasteiger partial charge in [-0.25, -0.2) is 8.42 Å². The third-order valence-electron chi connectivity index (χ3n) is 5.00. The quantitative estimate of drug-likeness (QED) is 0.848. The number of sulfone groups is 1. The summed E-state index contributed by atoms with van der Waals surface area (Å²) in [6.07, 6.45) is 6.89. The zero-order valence-electron chi connectivity index (χ0n) is 14.1. The van der Waals surface area contributed by atoms with Crippen LogP contribution in [-0.4, -0.2) is 66.2 Å². The number of amides is 1. The number of aromatic nitrogens is 2. The lowest BCUT2D eigenvalue weighted by molar-refractivity contribution is 0.0894. The molecule has 2 saturated heterocycles. The molecule has 0 spiro atoms. The van der Waals surface area contributed by atoms with Crippen LogP contribution in [0.3, 0.4) is 0 Å². The molecule has 2 aliphatic heterocycles. The average Bonchev–Trinajstić information content (AvgIpc) is 2.97. The molecule has 2 aliphatic rings. The Labute approximate surface area is 143 Å². The predicted molar refractivity (Wildman–Crippen MR) is 91.5 cm³/mol. The summed E-state index contributed by atoms with van der Waals surface area (Å²) in [5.41, 5.74) is 0.590. The number of carbonyl (C=O) groups is 1. The zero-order valence-corrected chi connectivity index (χ0v) is 15.0. The van der Waals surface area contributed by atoms with Crippen molar-refractivity contribution in [3.05, 3.63) is 18.0 Å². The Bertz CT molecular complexity index is 671. The lowest BCUT2D eigenvalue weighted by Gasteiger charge is -2.36. The first-order chi connectivity index (χ1) is 11.4. The van der Waals surface area contributed by atoms with Gasteiger partial charge in [-0.3, -0.25) is 9.48 Å². The number of nitrogens with one attached hydrogen (secondary N) is 1. The molecule has 1 aromatic heterocycles. The van der Waals surface area contributed by atoms with Gasteiger partial charge in [0.1, 0.15) is 9.84 Å². The lowest BCUT2D eigenvalue weighted by atomic mass is 9.99. The third-order valence-corrected chi connectivity index (χ3v) is 6.71. The van der Waals surface area contributed by atoms with Crippen molar-refractivity contribution in [1.29, 1.82) is 0 Å². The fourth-order valence-corrected chi connectivity index (χ4v) is 5.22. The zero-order chi connectivity index (χ0) is 17.2. The van der Waals surface area contributed by atoms with Crippen molar-refractivity contribution in [2.24, 2.45) is 13.0 Å². The summed E-state index contributed by atoms with van der Waals surface area (Å²) >= 11 is 0. The maximum atomic E-state index is 12.2. The SMILES string of the molecule is Cn1cc(C(=O)NC2CCCN(CC3CCS(=O)(=O)CC3)C2)cn1. The Morgan fingerprint density at radius 3 is 2.75 bits per heavy atom. The maximum absolute atomic E-state index is 12.2. The molecular formula is C16H26N4O3S. The minimum atomic E-state index is -2.80. The van der Waals surface area contributed by atoms with Crippen LogP contribution in [0.4, 0.5) is 0 Å². The van der Waals surface area contributed by atoms with Gasteiger partial charge in [-0.1, -0.05) is 0 Å². The van der Waals surface area contributed by atoms with Gasteiger partial charge >= 0.3 is 0 Å². The number of hydrogen-bond acceptors (Lipinski definition) is 5. The second kappa shape index (κ2) is 7.23. The number of likely N-dealkylation sites (tertiary alicyclic amines) is 1. The van der Waals surface area contributed by atoms with Gasteiger partial charge in [0.05, 0.1) is 23.3 Å². The molecule has 134 valence electrons. The first kappa shape index (κ1) is 17.4. The minimum absolute atomic E-state index is 0.0706. The molecule has 0 aromatic carbocycles. The second-order valence-corrected chi connectivity index (χ2v) is 9.37. The van der Waals surface area contributed by atoms with Gasteiger partial charge in [0.2, 0.25) is 0 Å². The van der Waals surface area contributed by atoms with Crippen LogP contribution in [0.25, 0.3) is 0 Å². The molecule has 0 radical (unpaired) electrons. The van der Waals surface area contributed by atoms with Crippen molar-refractivity contribution in [2.45, 2.75) is 31.7 Å². The molecule has 2 fully saturated rings. The van der Waals surface area contributed by atoms with Crippen LogP contribution in [0.15, 0.2) is 12.4 Å². The van der Waals surface area contributed by atoms with Gasteiger partial charge in [-0.15, -0.1) is 0 Å². The number of aryl methyl sites for hydroxylation is 1. The Morgan fingerprint density at radius 1 is 1.33 bits per heavy atom. The molecule has 3 rings (SSSR count). The Hall–Kier alpha value is -1.41. The van der Waals surface area contributed by atoms with Crippen molar-refractivity contribution in [2.75, 3.05) is 31.1 Å². The standard InChI is InChI=1S/C16H26N4O3S/c1-19-11-14(9-17-19)16(21)18-15-3-2-6-20(12-15)10-13-4-7-24(22,23)8-5-13/h9,11,13,15H,2-8,10,12H2,1H3,(H,18,21). The highest BCUT2D eigenvalue weighted by molar-refractivity contribution is 7.91. The summed E-state index contributed by atoms with van der Waals surface area (Å²) in [4.78, 5) is 14.6. The van der Waals surface area contributed by atoms with Crippen molar-refractivity contribution in [1.82, 2.24) is 20.0 Å². The molecule has 1 unspecified atom stereocenters. The molecule has 1 N–H and O–H groups in total. The highest BCUT2D eigenvalue weighted by Crippen LogP contribution is 2.22. The highest BCUT2D eigenvalue weighted by Gasteiger charge is 2.28. The van der Waals surface area contributed by atoms with E-state index >= 15 is 0 Å². The summed E-state index contributed by atoms with van der Waals surface area (Å²) < 4.78 is 24.7. The average molecular weight is 354 g/mol. The summed E-state index contributed by atoms with van der Waals surface area (Å²) in [7, 11) is -1.00. The van der Waals surface area contributed by atoms with E-state index in [-0.39, 0.29) is 11.9 Å². The van der Waals surface area contributed by atoms with Crippen molar-refractivity contribution in [3.63, 3.8) is 0 Å². The predicted octanol–water partition coefficient (Wildman–Crippen LogP) is 0.439. The molecule has 0 saturated carbocycles. The Kier molecular flexibility index (Phi) is 5.24. The molecule has 0 bridgehead atoms. The molecule has 3 heterocycles. The Balaban J connectivity index is 1.48. The summed E-state index contributed by atoms with van der Waals surface area (Å²) in [5.74, 6) is 1.04. The largest absolute Gasteiger partial charge is 0.348 e. The van der Waals surface area contributed by atoms with Crippen molar-refractivity contribution < 1.29 is 13.2 Å². The number of rotatable bonds is 4. The molecule has 7 nitrogen and oxygen atoms in total. The van der Waals surface area contributed by atoms with Crippen LogP contribution in [-0.2, 0) is 16.9 Å². The molecule has 8 heteroatoms. The molecule has 0 aliphatic carbocycles. The van der Waals surface area contributed by atoms with Gasteiger partial charge < -0.3 is 10.2 Å². The number of nitrogens with zero attached hydrogens (tertiary/aromatic N) is 3. The van der Waals surface area contributed by atoms with Crippen molar-refractivity contribution in [3.8, 4) is 0 Å². The highest BCUT2D eigenvalue weighted by atomic mass is 32.2. The molecule has 1 aromatic rings. The van der Waals surface area contributed by atoms with Crippen LogP contribution in [0.5, 0.6) is 0 Å². The van der Waals surface area contributed by atoms with Gasteiger partial charge in [0.25, 0.3) is 5.91 Å². The van der Waals surface area contributed by atoms with Crippen molar-refractivity contribution >= 4 is 15.7 Å². The van der Waals surface area contributed by atoms with E-state index in [1.165, 1.54) is 0 Å². The van der Waals surface area contributed by atoms with Crippen LogP contribution >= 0.6 is 0 Å². The number of hydrogen-bond donors (Lipinski definition) is 1. The summed E-state index contributed by atoms with van der Waals surface area (Å²) in [6, 6.07) is 0.152. The van der Waals surface area contributed by atoms with Gasteiger partial charge in [0, 0.05) is 32.4 Å². The van der Waals surface area contributed by atoms with E-state index in [1.54, 1.807) is 24.1 Å². The molecular weight excluding hydrogens is 328 g/mol. The Morgan fingerprint density at radius 2 is 2.08 bits per heavy atom. The monoisotopic (exact) mass is 354 g/mol. The van der Waals surface area contributed by atoms with Crippen LogP contribution in [0, 0.1) is 5.92 Å².